The first-order valence-corrected chi connectivity index (χ1v) is 5.90. The van der Waals surface area contributed by atoms with Gasteiger partial charge in [0.15, 0.2) is 0 Å². The van der Waals surface area contributed by atoms with Crippen molar-refractivity contribution in [3.63, 3.8) is 0 Å². The van der Waals surface area contributed by atoms with Crippen LogP contribution in [0.5, 0.6) is 0 Å². The second-order valence-corrected chi connectivity index (χ2v) is 4.88. The smallest absolute Gasteiger partial charge is 0.0592 e. The number of aliphatic hydroxyl groups is 1. The van der Waals surface area contributed by atoms with Gasteiger partial charge in [0.25, 0.3) is 0 Å². The lowest BCUT2D eigenvalue weighted by molar-refractivity contribution is 0.0217. The van der Waals surface area contributed by atoms with Crippen LogP contribution in [0.4, 0.5) is 0 Å². The van der Waals surface area contributed by atoms with E-state index in [1.165, 1.54) is 19.3 Å². The minimum atomic E-state index is -0.0513. The highest BCUT2D eigenvalue weighted by molar-refractivity contribution is 4.85. The highest BCUT2D eigenvalue weighted by Gasteiger charge is 2.32. The molecule has 1 saturated carbocycles. The third-order valence-corrected chi connectivity index (χ3v) is 3.56. The molecule has 14 heavy (non-hydrogen) atoms. The van der Waals surface area contributed by atoms with Crippen molar-refractivity contribution >= 4 is 0 Å². The lowest BCUT2D eigenvalue weighted by Gasteiger charge is -2.36. The van der Waals surface area contributed by atoms with E-state index in [0.717, 1.165) is 38.5 Å². The molecular weight excluding hydrogens is 176 g/mol. The molecule has 0 aromatic carbocycles. The molecule has 82 valence electrons. The summed E-state index contributed by atoms with van der Waals surface area (Å²) in [7, 11) is 0. The summed E-state index contributed by atoms with van der Waals surface area (Å²) in [6.45, 7) is 3.83. The van der Waals surface area contributed by atoms with Crippen molar-refractivity contribution in [3.8, 4) is 0 Å². The van der Waals surface area contributed by atoms with Gasteiger partial charge in [0.1, 0.15) is 0 Å². The molecule has 3 nitrogen and oxygen atoms in total. The topological polar surface area (TPSA) is 49.5 Å². The van der Waals surface area contributed by atoms with Gasteiger partial charge in [0, 0.05) is 26.2 Å². The van der Waals surface area contributed by atoms with E-state index in [1.807, 2.05) is 0 Å². The van der Waals surface area contributed by atoms with Crippen LogP contribution in [0.15, 0.2) is 0 Å². The molecule has 0 bridgehead atoms. The Morgan fingerprint density at radius 1 is 1.29 bits per heavy atom. The Bertz CT molecular complexity index is 182. The monoisotopic (exact) mass is 198 g/mol. The minimum Gasteiger partial charge on any atom is -0.393 e. The van der Waals surface area contributed by atoms with Crippen molar-refractivity contribution in [2.45, 2.75) is 31.8 Å². The van der Waals surface area contributed by atoms with Crippen LogP contribution in [0.1, 0.15) is 25.7 Å². The normalized spacial score (nSPS) is 34.7. The SMILES string of the molecule is NCCN1CC[C@H](O)[C@H](CC2CC2)C1. The molecule has 0 radical (unpaired) electrons. The molecule has 3 N–H and O–H groups in total. The van der Waals surface area contributed by atoms with Gasteiger partial charge in [-0.15, -0.1) is 0 Å². The van der Waals surface area contributed by atoms with Crippen LogP contribution < -0.4 is 5.73 Å². The molecular formula is C11H22N2O. The Hall–Kier alpha value is -0.120. The average molecular weight is 198 g/mol. The van der Waals surface area contributed by atoms with Gasteiger partial charge in [-0.25, -0.2) is 0 Å². The number of hydrogen-bond donors (Lipinski definition) is 2. The van der Waals surface area contributed by atoms with Crippen LogP contribution in [0.25, 0.3) is 0 Å². The average Bonchev–Trinajstić information content (AvgIpc) is 2.95. The van der Waals surface area contributed by atoms with E-state index in [1.54, 1.807) is 0 Å². The Kier molecular flexibility index (Phi) is 3.42. The predicted molar refractivity (Wildman–Crippen MR) is 56.9 cm³/mol. The molecule has 0 aromatic heterocycles. The molecule has 1 aliphatic carbocycles. The van der Waals surface area contributed by atoms with E-state index >= 15 is 0 Å². The summed E-state index contributed by atoms with van der Waals surface area (Å²) in [5.41, 5.74) is 5.55. The first-order valence-electron chi connectivity index (χ1n) is 5.90. The number of aliphatic hydroxyl groups excluding tert-OH is 1. The largest absolute Gasteiger partial charge is 0.393 e. The fourth-order valence-electron chi connectivity index (χ4n) is 2.49. The number of hydrogen-bond acceptors (Lipinski definition) is 3. The first-order chi connectivity index (χ1) is 6.79. The number of nitrogens with two attached hydrogens (primary N) is 1. The summed E-state index contributed by atoms with van der Waals surface area (Å²) in [5, 5.41) is 9.87. The zero-order valence-corrected chi connectivity index (χ0v) is 8.86. The summed E-state index contributed by atoms with van der Waals surface area (Å²) in [6.07, 6.45) is 4.91. The van der Waals surface area contributed by atoms with Crippen molar-refractivity contribution in [1.82, 2.24) is 4.90 Å². The molecule has 3 heteroatoms. The minimum absolute atomic E-state index is 0.0513. The van der Waals surface area contributed by atoms with E-state index in [2.05, 4.69) is 4.90 Å². The standard InChI is InChI=1S/C11H22N2O/c12-4-6-13-5-3-11(14)10(8-13)7-9-1-2-9/h9-11,14H,1-8,12H2/t10-,11+/m1/s1. The molecule has 2 atom stereocenters. The first kappa shape index (κ1) is 10.4. The molecule has 0 amide bonds. The summed E-state index contributed by atoms with van der Waals surface area (Å²) < 4.78 is 0. The predicted octanol–water partition coefficient (Wildman–Crippen LogP) is 0.428. The second kappa shape index (κ2) is 4.60. The third-order valence-electron chi connectivity index (χ3n) is 3.56. The lowest BCUT2D eigenvalue weighted by atomic mass is 9.90. The van der Waals surface area contributed by atoms with Crippen LogP contribution in [0.3, 0.4) is 0 Å². The van der Waals surface area contributed by atoms with Gasteiger partial charge in [-0.05, 0) is 24.7 Å². The van der Waals surface area contributed by atoms with Crippen LogP contribution >= 0.6 is 0 Å². The maximum Gasteiger partial charge on any atom is 0.0592 e. The number of nitrogens with zero attached hydrogens (tertiary/aromatic N) is 1. The van der Waals surface area contributed by atoms with Gasteiger partial charge >= 0.3 is 0 Å². The van der Waals surface area contributed by atoms with Crippen LogP contribution in [0, 0.1) is 11.8 Å². The van der Waals surface area contributed by atoms with E-state index in [4.69, 9.17) is 5.73 Å². The molecule has 0 spiro atoms. The van der Waals surface area contributed by atoms with Gasteiger partial charge in [-0.2, -0.15) is 0 Å². The Balaban J connectivity index is 1.79. The van der Waals surface area contributed by atoms with Gasteiger partial charge in [-0.3, -0.25) is 0 Å². The molecule has 1 heterocycles. The molecule has 0 aromatic rings. The summed E-state index contributed by atoms with van der Waals surface area (Å²) in [6, 6.07) is 0. The molecule has 0 unspecified atom stereocenters. The fraction of sp³-hybridized carbons (Fsp3) is 1.00. The number of rotatable bonds is 4. The van der Waals surface area contributed by atoms with E-state index in [9.17, 15) is 5.11 Å². The maximum absolute atomic E-state index is 9.87. The Morgan fingerprint density at radius 3 is 2.71 bits per heavy atom. The highest BCUT2D eigenvalue weighted by atomic mass is 16.3. The van der Waals surface area contributed by atoms with Crippen molar-refractivity contribution in [2.75, 3.05) is 26.2 Å². The molecule has 2 fully saturated rings. The van der Waals surface area contributed by atoms with Gasteiger partial charge in [0.2, 0.25) is 0 Å². The third kappa shape index (κ3) is 2.69. The van der Waals surface area contributed by atoms with Crippen LogP contribution in [-0.2, 0) is 0 Å². The zero-order valence-electron chi connectivity index (χ0n) is 8.86. The van der Waals surface area contributed by atoms with E-state index < -0.39 is 0 Å². The van der Waals surface area contributed by atoms with E-state index in [0.29, 0.717) is 5.92 Å². The Labute approximate surface area is 86.3 Å². The fourth-order valence-corrected chi connectivity index (χ4v) is 2.49. The molecule has 2 aliphatic rings. The van der Waals surface area contributed by atoms with Gasteiger partial charge in [-0.1, -0.05) is 12.8 Å². The highest BCUT2D eigenvalue weighted by Crippen LogP contribution is 2.37. The van der Waals surface area contributed by atoms with Crippen molar-refractivity contribution in [3.05, 3.63) is 0 Å². The summed E-state index contributed by atoms with van der Waals surface area (Å²) in [4.78, 5) is 2.40. The Morgan fingerprint density at radius 2 is 2.07 bits per heavy atom. The van der Waals surface area contributed by atoms with Crippen LogP contribution in [-0.4, -0.2) is 42.3 Å². The zero-order chi connectivity index (χ0) is 9.97. The molecule has 1 saturated heterocycles. The molecule has 2 rings (SSSR count). The summed E-state index contributed by atoms with van der Waals surface area (Å²) in [5.74, 6) is 1.44. The maximum atomic E-state index is 9.87. The van der Waals surface area contributed by atoms with Crippen molar-refractivity contribution in [2.24, 2.45) is 17.6 Å². The molecule has 1 aliphatic heterocycles. The van der Waals surface area contributed by atoms with E-state index in [-0.39, 0.29) is 6.10 Å². The number of likely N-dealkylation sites (tertiary alicyclic amines) is 1. The summed E-state index contributed by atoms with van der Waals surface area (Å²) >= 11 is 0. The van der Waals surface area contributed by atoms with Gasteiger partial charge in [0.05, 0.1) is 6.10 Å². The second-order valence-electron chi connectivity index (χ2n) is 4.88. The van der Waals surface area contributed by atoms with Gasteiger partial charge < -0.3 is 15.7 Å². The van der Waals surface area contributed by atoms with Crippen molar-refractivity contribution in [1.29, 1.82) is 0 Å². The lowest BCUT2D eigenvalue weighted by Crippen LogP contribution is -2.45. The number of piperidine rings is 1. The van der Waals surface area contributed by atoms with Crippen molar-refractivity contribution < 1.29 is 5.11 Å². The van der Waals surface area contributed by atoms with Crippen LogP contribution in [0.2, 0.25) is 0 Å². The quantitative estimate of drug-likeness (QED) is 0.688.